The normalized spacial score (nSPS) is 20.7. The van der Waals surface area contributed by atoms with Gasteiger partial charge in [-0.2, -0.15) is 0 Å². The Balaban J connectivity index is 0.00000280. The van der Waals surface area contributed by atoms with Crippen molar-refractivity contribution in [2.45, 2.75) is 63.1 Å². The van der Waals surface area contributed by atoms with Gasteiger partial charge in [-0.3, -0.25) is 4.79 Å². The Kier molecular flexibility index (Phi) is 9.05. The average Bonchev–Trinajstić information content (AvgIpc) is 3.15. The first-order valence-electron chi connectivity index (χ1n) is 9.90. The number of piperidine rings is 1. The third-order valence-corrected chi connectivity index (χ3v) is 6.00. The van der Waals surface area contributed by atoms with Crippen LogP contribution in [0.1, 0.15) is 50.5 Å². The van der Waals surface area contributed by atoms with Crippen LogP contribution in [0, 0.1) is 0 Å². The third-order valence-electron chi connectivity index (χ3n) is 5.51. The van der Waals surface area contributed by atoms with E-state index in [-0.39, 0.29) is 24.3 Å². The van der Waals surface area contributed by atoms with Crippen molar-refractivity contribution in [1.82, 2.24) is 21.3 Å². The first kappa shape index (κ1) is 23.0. The molecule has 8 heteroatoms. The Bertz CT molecular complexity index is 661. The Morgan fingerprint density at radius 1 is 1.14 bits per heavy atom. The number of benzene rings is 1. The van der Waals surface area contributed by atoms with Crippen LogP contribution in [0.15, 0.2) is 28.7 Å². The van der Waals surface area contributed by atoms with Gasteiger partial charge in [-0.05, 0) is 49.9 Å². The molecule has 0 spiro atoms. The van der Waals surface area contributed by atoms with Gasteiger partial charge in [0, 0.05) is 23.6 Å². The number of carbonyl (C=O) groups excluding carboxylic acids is 2. The third kappa shape index (κ3) is 6.36. The summed E-state index contributed by atoms with van der Waals surface area (Å²) >= 11 is 3.43. The number of urea groups is 1. The van der Waals surface area contributed by atoms with E-state index in [2.05, 4.69) is 37.2 Å². The molecule has 1 aromatic rings. The molecule has 0 aromatic heterocycles. The first-order chi connectivity index (χ1) is 13.1. The predicted molar refractivity (Wildman–Crippen MR) is 117 cm³/mol. The van der Waals surface area contributed by atoms with Gasteiger partial charge >= 0.3 is 6.03 Å². The Morgan fingerprint density at radius 2 is 1.93 bits per heavy atom. The van der Waals surface area contributed by atoms with E-state index >= 15 is 0 Å². The molecule has 2 fully saturated rings. The highest BCUT2D eigenvalue weighted by Crippen LogP contribution is 2.30. The van der Waals surface area contributed by atoms with E-state index in [1.165, 1.54) is 12.8 Å². The minimum absolute atomic E-state index is 0. The lowest BCUT2D eigenvalue weighted by atomic mass is 9.96. The molecule has 1 atom stereocenters. The summed E-state index contributed by atoms with van der Waals surface area (Å²) < 4.78 is 0.977. The Hall–Kier alpha value is -1.31. The van der Waals surface area contributed by atoms with E-state index in [4.69, 9.17) is 0 Å². The molecule has 1 saturated carbocycles. The predicted octanol–water partition coefficient (Wildman–Crippen LogP) is 3.24. The van der Waals surface area contributed by atoms with Crippen molar-refractivity contribution < 1.29 is 9.59 Å². The molecule has 0 bridgehead atoms. The molecule has 1 heterocycles. The lowest BCUT2D eigenvalue weighted by molar-refractivity contribution is -0.127. The number of carbonyl (C=O) groups is 2. The molecule has 6 nitrogen and oxygen atoms in total. The highest BCUT2D eigenvalue weighted by Gasteiger charge is 2.42. The molecular formula is C20H30BrClN4O2. The van der Waals surface area contributed by atoms with Crippen LogP contribution in [-0.4, -0.2) is 36.6 Å². The van der Waals surface area contributed by atoms with Gasteiger partial charge in [-0.1, -0.05) is 47.3 Å². The number of nitrogens with one attached hydrogen (secondary N) is 4. The second-order valence-corrected chi connectivity index (χ2v) is 8.50. The van der Waals surface area contributed by atoms with Gasteiger partial charge in [-0.25, -0.2) is 4.79 Å². The number of halogens is 2. The van der Waals surface area contributed by atoms with Gasteiger partial charge in [0.1, 0.15) is 5.54 Å². The van der Waals surface area contributed by atoms with Crippen LogP contribution in [0.5, 0.6) is 0 Å². The van der Waals surface area contributed by atoms with Crippen LogP contribution in [-0.2, 0) is 11.3 Å². The summed E-state index contributed by atoms with van der Waals surface area (Å²) in [5, 5.41) is 12.4. The Labute approximate surface area is 181 Å². The van der Waals surface area contributed by atoms with Crippen molar-refractivity contribution in [1.29, 1.82) is 0 Å². The lowest BCUT2D eigenvalue weighted by Gasteiger charge is -2.31. The summed E-state index contributed by atoms with van der Waals surface area (Å²) in [6.07, 6.45) is 6.81. The molecular weight excluding hydrogens is 444 g/mol. The molecule has 3 rings (SSSR count). The maximum Gasteiger partial charge on any atom is 0.315 e. The quantitative estimate of drug-likeness (QED) is 0.512. The summed E-state index contributed by atoms with van der Waals surface area (Å²) in [5.41, 5.74) is 0.226. The van der Waals surface area contributed by atoms with Crippen LogP contribution in [0.4, 0.5) is 4.79 Å². The van der Waals surface area contributed by atoms with Gasteiger partial charge < -0.3 is 21.3 Å². The number of rotatable bonds is 6. The first-order valence-corrected chi connectivity index (χ1v) is 10.7. The smallest absolute Gasteiger partial charge is 0.315 e. The van der Waals surface area contributed by atoms with Crippen LogP contribution in [0.3, 0.4) is 0 Å². The summed E-state index contributed by atoms with van der Waals surface area (Å²) in [5.74, 6) is -0.0509. The molecule has 1 aromatic carbocycles. The maximum absolute atomic E-state index is 12.9. The van der Waals surface area contributed by atoms with Gasteiger partial charge in [0.05, 0.1) is 0 Å². The fourth-order valence-electron chi connectivity index (χ4n) is 3.96. The average molecular weight is 474 g/mol. The van der Waals surface area contributed by atoms with Crippen LogP contribution < -0.4 is 21.3 Å². The monoisotopic (exact) mass is 472 g/mol. The maximum atomic E-state index is 12.9. The molecule has 1 aliphatic heterocycles. The fourth-order valence-corrected chi connectivity index (χ4v) is 4.41. The number of amides is 3. The molecule has 1 unspecified atom stereocenters. The fraction of sp³-hybridized carbons (Fsp3) is 0.600. The minimum atomic E-state index is -0.782. The standard InChI is InChI=1S/C20H29BrN4O2.ClH/c21-16-7-5-6-15(12-16)13-24-19(27)25-20(9-2-3-10-20)18(26)23-14-17-8-1-4-11-22-17;/h5-7,12,17,22H,1-4,8-11,13-14H2,(H,23,26)(H2,24,25,27);1H. The number of hydrogen-bond donors (Lipinski definition) is 4. The highest BCUT2D eigenvalue weighted by molar-refractivity contribution is 9.10. The van der Waals surface area contributed by atoms with E-state index < -0.39 is 5.54 Å². The van der Waals surface area contributed by atoms with Crippen molar-refractivity contribution in [3.05, 3.63) is 34.3 Å². The summed E-state index contributed by atoms with van der Waals surface area (Å²) in [6.45, 7) is 2.07. The lowest BCUT2D eigenvalue weighted by Crippen LogP contribution is -2.60. The van der Waals surface area contributed by atoms with E-state index in [1.807, 2.05) is 24.3 Å². The summed E-state index contributed by atoms with van der Waals surface area (Å²) in [4.78, 5) is 25.3. The van der Waals surface area contributed by atoms with Gasteiger partial charge in [0.2, 0.25) is 5.91 Å². The molecule has 1 aliphatic carbocycles. The molecule has 156 valence electrons. The van der Waals surface area contributed by atoms with E-state index in [1.54, 1.807) is 0 Å². The Morgan fingerprint density at radius 3 is 2.61 bits per heavy atom. The van der Waals surface area contributed by atoms with Crippen molar-refractivity contribution >= 4 is 40.3 Å². The molecule has 1 saturated heterocycles. The van der Waals surface area contributed by atoms with E-state index in [0.717, 1.165) is 35.8 Å². The zero-order valence-electron chi connectivity index (χ0n) is 16.1. The van der Waals surface area contributed by atoms with Crippen LogP contribution >= 0.6 is 28.3 Å². The largest absolute Gasteiger partial charge is 0.352 e. The molecule has 2 aliphatic rings. The second kappa shape index (κ2) is 11.0. The van der Waals surface area contributed by atoms with Crippen molar-refractivity contribution in [3.8, 4) is 0 Å². The summed E-state index contributed by atoms with van der Waals surface area (Å²) in [7, 11) is 0. The molecule has 3 amide bonds. The number of hydrogen-bond acceptors (Lipinski definition) is 3. The van der Waals surface area contributed by atoms with E-state index in [9.17, 15) is 9.59 Å². The van der Waals surface area contributed by atoms with Crippen LogP contribution in [0.2, 0.25) is 0 Å². The second-order valence-electron chi connectivity index (χ2n) is 7.58. The van der Waals surface area contributed by atoms with Gasteiger partial charge in [0.25, 0.3) is 0 Å². The van der Waals surface area contributed by atoms with E-state index in [0.29, 0.717) is 32.0 Å². The van der Waals surface area contributed by atoms with Crippen molar-refractivity contribution in [3.63, 3.8) is 0 Å². The zero-order chi connectivity index (χ0) is 19.1. The highest BCUT2D eigenvalue weighted by atomic mass is 79.9. The SMILES string of the molecule is Cl.O=C(NCc1cccc(Br)c1)NC1(C(=O)NCC2CCCCN2)CCCC1. The molecule has 4 N–H and O–H groups in total. The minimum Gasteiger partial charge on any atom is -0.352 e. The van der Waals surface area contributed by atoms with Gasteiger partial charge in [-0.15, -0.1) is 12.4 Å². The molecule has 0 radical (unpaired) electrons. The van der Waals surface area contributed by atoms with Crippen molar-refractivity contribution in [2.75, 3.05) is 13.1 Å². The zero-order valence-corrected chi connectivity index (χ0v) is 18.5. The van der Waals surface area contributed by atoms with Crippen LogP contribution in [0.25, 0.3) is 0 Å². The van der Waals surface area contributed by atoms with Gasteiger partial charge in [0.15, 0.2) is 0 Å². The molecule has 28 heavy (non-hydrogen) atoms. The topological polar surface area (TPSA) is 82.3 Å². The van der Waals surface area contributed by atoms with Crippen molar-refractivity contribution in [2.24, 2.45) is 0 Å². The summed E-state index contributed by atoms with van der Waals surface area (Å²) in [6, 6.07) is 7.86.